The number of halogens is 1. The molecule has 0 saturated carbocycles. The summed E-state index contributed by atoms with van der Waals surface area (Å²) in [6.45, 7) is 5.81. The van der Waals surface area contributed by atoms with Crippen LogP contribution in [0.5, 0.6) is 0 Å². The first-order chi connectivity index (χ1) is 9.61. The second-order valence-electron chi connectivity index (χ2n) is 5.29. The third-order valence-electron chi connectivity index (χ3n) is 3.80. The Balaban J connectivity index is 2.07. The van der Waals surface area contributed by atoms with Gasteiger partial charge in [-0.05, 0) is 37.6 Å². The third-order valence-corrected chi connectivity index (χ3v) is 3.80. The Hall–Kier alpha value is -1.17. The lowest BCUT2D eigenvalue weighted by Gasteiger charge is -2.24. The van der Waals surface area contributed by atoms with Crippen LogP contribution in [-0.2, 0) is 0 Å². The molecule has 1 saturated heterocycles. The fraction of sp³-hybridized carbons (Fsp3) is 0.600. The molecule has 1 heterocycles. The molecule has 112 valence electrons. The maximum Gasteiger partial charge on any atom is 0.146 e. The van der Waals surface area contributed by atoms with Gasteiger partial charge in [0.2, 0.25) is 0 Å². The number of hydrogen-bond acceptors (Lipinski definition) is 4. The molecule has 1 aliphatic heterocycles. The molecule has 2 N–H and O–H groups in total. The number of hydrogen-bond donors (Lipinski definition) is 2. The van der Waals surface area contributed by atoms with Crippen LogP contribution in [-0.4, -0.2) is 54.4 Å². The van der Waals surface area contributed by atoms with Gasteiger partial charge in [-0.25, -0.2) is 4.39 Å². The molecule has 1 atom stereocenters. The third kappa shape index (κ3) is 3.69. The molecule has 0 radical (unpaired) electrons. The van der Waals surface area contributed by atoms with E-state index in [4.69, 9.17) is 5.11 Å². The van der Waals surface area contributed by atoms with Crippen LogP contribution in [0.1, 0.15) is 25.0 Å². The highest BCUT2D eigenvalue weighted by molar-refractivity contribution is 5.49. The minimum absolute atomic E-state index is 0.164. The van der Waals surface area contributed by atoms with E-state index in [1.807, 2.05) is 4.90 Å². The van der Waals surface area contributed by atoms with Gasteiger partial charge in [-0.3, -0.25) is 4.90 Å². The van der Waals surface area contributed by atoms with Crippen LogP contribution >= 0.6 is 0 Å². The summed E-state index contributed by atoms with van der Waals surface area (Å²) in [7, 11) is 0. The smallest absolute Gasteiger partial charge is 0.146 e. The summed E-state index contributed by atoms with van der Waals surface area (Å²) in [5.41, 5.74) is 1.20. The molecule has 0 amide bonds. The van der Waals surface area contributed by atoms with Crippen LogP contribution in [0.4, 0.5) is 10.1 Å². The van der Waals surface area contributed by atoms with E-state index in [-0.39, 0.29) is 12.4 Å². The average Bonchev–Trinajstić information content (AvgIpc) is 2.65. The number of aliphatic hydroxyl groups is 2. The van der Waals surface area contributed by atoms with Gasteiger partial charge in [0.25, 0.3) is 0 Å². The van der Waals surface area contributed by atoms with Crippen molar-refractivity contribution in [3.8, 4) is 0 Å². The van der Waals surface area contributed by atoms with E-state index in [1.165, 1.54) is 6.07 Å². The Morgan fingerprint density at radius 3 is 2.70 bits per heavy atom. The Labute approximate surface area is 119 Å². The highest BCUT2D eigenvalue weighted by Gasteiger charge is 2.18. The quantitative estimate of drug-likeness (QED) is 0.876. The molecule has 1 aromatic rings. The van der Waals surface area contributed by atoms with Crippen molar-refractivity contribution in [2.45, 2.75) is 19.4 Å². The van der Waals surface area contributed by atoms with E-state index in [0.29, 0.717) is 17.8 Å². The van der Waals surface area contributed by atoms with Crippen molar-refractivity contribution in [3.05, 3.63) is 29.6 Å². The first kappa shape index (κ1) is 15.2. The summed E-state index contributed by atoms with van der Waals surface area (Å²) in [6, 6.07) is 4.94. The highest BCUT2D eigenvalue weighted by Crippen LogP contribution is 2.24. The maximum atomic E-state index is 14.2. The van der Waals surface area contributed by atoms with Gasteiger partial charge in [0.05, 0.1) is 18.4 Å². The molecule has 0 aromatic heterocycles. The summed E-state index contributed by atoms with van der Waals surface area (Å²) in [5.74, 6) is -0.279. The zero-order valence-electron chi connectivity index (χ0n) is 11.9. The normalized spacial score (nSPS) is 18.9. The lowest BCUT2D eigenvalue weighted by molar-refractivity contribution is 0.199. The minimum atomic E-state index is -0.650. The molecular formula is C15H23FN2O2. The number of nitrogens with zero attached hydrogens (tertiary/aromatic N) is 2. The lowest BCUT2D eigenvalue weighted by Crippen LogP contribution is -2.32. The minimum Gasteiger partial charge on any atom is -0.395 e. The molecular weight excluding hydrogens is 259 g/mol. The summed E-state index contributed by atoms with van der Waals surface area (Å²) < 4.78 is 14.2. The molecule has 1 aliphatic rings. The molecule has 1 unspecified atom stereocenters. The van der Waals surface area contributed by atoms with Crippen LogP contribution in [0.2, 0.25) is 0 Å². The number of rotatable bonds is 4. The maximum absolute atomic E-state index is 14.2. The lowest BCUT2D eigenvalue weighted by atomic mass is 10.1. The van der Waals surface area contributed by atoms with E-state index < -0.39 is 6.10 Å². The van der Waals surface area contributed by atoms with E-state index in [2.05, 4.69) is 4.90 Å². The number of aliphatic hydroxyl groups excluding tert-OH is 2. The van der Waals surface area contributed by atoms with Gasteiger partial charge in [-0.1, -0.05) is 6.07 Å². The molecule has 0 spiro atoms. The van der Waals surface area contributed by atoms with Crippen molar-refractivity contribution in [1.82, 2.24) is 4.90 Å². The fourth-order valence-corrected chi connectivity index (χ4v) is 2.62. The molecule has 1 fully saturated rings. The number of benzene rings is 1. The Kier molecular flexibility index (Phi) is 5.34. The predicted octanol–water partition coefficient (Wildman–Crippen LogP) is 1.38. The van der Waals surface area contributed by atoms with Gasteiger partial charge in [-0.15, -0.1) is 0 Å². The fourth-order valence-electron chi connectivity index (χ4n) is 2.62. The van der Waals surface area contributed by atoms with Gasteiger partial charge in [0, 0.05) is 26.2 Å². The van der Waals surface area contributed by atoms with Crippen molar-refractivity contribution >= 4 is 5.69 Å². The van der Waals surface area contributed by atoms with Crippen molar-refractivity contribution in [2.75, 3.05) is 44.2 Å². The topological polar surface area (TPSA) is 46.9 Å². The second kappa shape index (κ2) is 7.02. The molecule has 4 nitrogen and oxygen atoms in total. The van der Waals surface area contributed by atoms with Crippen LogP contribution in [0, 0.1) is 5.82 Å². The highest BCUT2D eigenvalue weighted by atomic mass is 19.1. The number of β-amino-alcohol motifs (C(OH)–C–C–N with tert-alkyl or cyclic N) is 1. The average molecular weight is 282 g/mol. The van der Waals surface area contributed by atoms with Crippen LogP contribution in [0.15, 0.2) is 18.2 Å². The molecule has 5 heteroatoms. The Morgan fingerprint density at radius 1 is 1.25 bits per heavy atom. The first-order valence-electron chi connectivity index (χ1n) is 7.17. The van der Waals surface area contributed by atoms with Gasteiger partial charge in [0.1, 0.15) is 5.82 Å². The van der Waals surface area contributed by atoms with Crippen LogP contribution in [0.25, 0.3) is 0 Å². The van der Waals surface area contributed by atoms with E-state index in [9.17, 15) is 9.50 Å². The summed E-state index contributed by atoms with van der Waals surface area (Å²) in [5, 5.41) is 18.5. The molecule has 2 rings (SSSR count). The van der Waals surface area contributed by atoms with Crippen LogP contribution < -0.4 is 4.90 Å². The van der Waals surface area contributed by atoms with Crippen molar-refractivity contribution in [2.24, 2.45) is 0 Å². The molecule has 20 heavy (non-hydrogen) atoms. The summed E-state index contributed by atoms with van der Waals surface area (Å²) in [4.78, 5) is 4.24. The summed E-state index contributed by atoms with van der Waals surface area (Å²) in [6.07, 6.45) is 0.306. The van der Waals surface area contributed by atoms with Crippen molar-refractivity contribution in [3.63, 3.8) is 0 Å². The zero-order valence-corrected chi connectivity index (χ0v) is 11.9. The monoisotopic (exact) mass is 282 g/mol. The van der Waals surface area contributed by atoms with E-state index >= 15 is 0 Å². The molecule has 0 aliphatic carbocycles. The van der Waals surface area contributed by atoms with E-state index in [0.717, 1.165) is 32.6 Å². The van der Waals surface area contributed by atoms with Gasteiger partial charge in [-0.2, -0.15) is 0 Å². The van der Waals surface area contributed by atoms with Gasteiger partial charge < -0.3 is 15.1 Å². The first-order valence-corrected chi connectivity index (χ1v) is 7.17. The van der Waals surface area contributed by atoms with Crippen molar-refractivity contribution in [1.29, 1.82) is 0 Å². The van der Waals surface area contributed by atoms with E-state index in [1.54, 1.807) is 19.1 Å². The second-order valence-corrected chi connectivity index (χ2v) is 5.29. The molecule has 0 bridgehead atoms. The largest absolute Gasteiger partial charge is 0.395 e. The van der Waals surface area contributed by atoms with Crippen molar-refractivity contribution < 1.29 is 14.6 Å². The Morgan fingerprint density at radius 2 is 2.05 bits per heavy atom. The SMILES string of the molecule is CC(O)c1ccc(N2CCCN(CCO)CC2)c(F)c1. The predicted molar refractivity (Wildman–Crippen MR) is 77.4 cm³/mol. The molecule has 1 aromatic carbocycles. The zero-order chi connectivity index (χ0) is 14.5. The van der Waals surface area contributed by atoms with Gasteiger partial charge >= 0.3 is 0 Å². The Bertz CT molecular complexity index is 440. The van der Waals surface area contributed by atoms with Crippen LogP contribution in [0.3, 0.4) is 0 Å². The number of anilines is 1. The van der Waals surface area contributed by atoms with Gasteiger partial charge in [0.15, 0.2) is 0 Å². The standard InChI is InChI=1S/C15H23FN2O2/c1-12(20)13-3-4-15(14(16)11-13)18-6-2-5-17(7-8-18)9-10-19/h3-4,11-12,19-20H,2,5-10H2,1H3. The summed E-state index contributed by atoms with van der Waals surface area (Å²) >= 11 is 0.